The van der Waals surface area contributed by atoms with E-state index in [0.29, 0.717) is 4.47 Å². The standard InChI is InChI=1S/C12H6BrF2NO3/c13-7-4-8(14)6-9(5-7)19-11-3-1-2-10(15)12(11)16(17)18/h1-6H. The summed E-state index contributed by atoms with van der Waals surface area (Å²) in [5.74, 6) is -1.86. The molecule has 0 amide bonds. The molecule has 0 aliphatic carbocycles. The molecule has 7 heteroatoms. The molecule has 0 saturated carbocycles. The topological polar surface area (TPSA) is 52.4 Å². The van der Waals surface area contributed by atoms with Crippen molar-refractivity contribution in [1.29, 1.82) is 0 Å². The summed E-state index contributed by atoms with van der Waals surface area (Å²) >= 11 is 3.06. The second-order valence-corrected chi connectivity index (χ2v) is 4.47. The van der Waals surface area contributed by atoms with Gasteiger partial charge < -0.3 is 4.74 Å². The normalized spacial score (nSPS) is 10.3. The molecular formula is C12H6BrF2NO3. The highest BCUT2D eigenvalue weighted by molar-refractivity contribution is 9.10. The highest BCUT2D eigenvalue weighted by Crippen LogP contribution is 2.34. The fourth-order valence-corrected chi connectivity index (χ4v) is 1.91. The van der Waals surface area contributed by atoms with Gasteiger partial charge in [-0.15, -0.1) is 0 Å². The average molecular weight is 330 g/mol. The largest absolute Gasteiger partial charge is 0.450 e. The fraction of sp³-hybridized carbons (Fsp3) is 0. The number of halogens is 3. The van der Waals surface area contributed by atoms with Gasteiger partial charge in [0.2, 0.25) is 11.6 Å². The van der Waals surface area contributed by atoms with Crippen LogP contribution < -0.4 is 4.74 Å². The van der Waals surface area contributed by atoms with Crippen molar-refractivity contribution >= 4 is 21.6 Å². The second-order valence-electron chi connectivity index (χ2n) is 3.55. The lowest BCUT2D eigenvalue weighted by Crippen LogP contribution is -1.96. The molecule has 2 aromatic carbocycles. The van der Waals surface area contributed by atoms with E-state index >= 15 is 0 Å². The summed E-state index contributed by atoms with van der Waals surface area (Å²) in [5, 5.41) is 10.8. The van der Waals surface area contributed by atoms with Crippen LogP contribution in [0.1, 0.15) is 0 Å². The Labute approximate surface area is 114 Å². The van der Waals surface area contributed by atoms with Crippen molar-refractivity contribution in [3.63, 3.8) is 0 Å². The third-order valence-electron chi connectivity index (χ3n) is 2.20. The van der Waals surface area contributed by atoms with E-state index < -0.39 is 22.2 Å². The van der Waals surface area contributed by atoms with Crippen LogP contribution in [0.2, 0.25) is 0 Å². The van der Waals surface area contributed by atoms with E-state index in [0.717, 1.165) is 12.1 Å². The summed E-state index contributed by atoms with van der Waals surface area (Å²) < 4.78 is 32.1. The Kier molecular flexibility index (Phi) is 3.75. The van der Waals surface area contributed by atoms with Gasteiger partial charge in [-0.1, -0.05) is 22.0 Å². The number of hydrogen-bond acceptors (Lipinski definition) is 3. The smallest absolute Gasteiger partial charge is 0.346 e. The van der Waals surface area contributed by atoms with Gasteiger partial charge in [0.05, 0.1) is 4.92 Å². The van der Waals surface area contributed by atoms with E-state index in [1.807, 2.05) is 0 Å². The predicted molar refractivity (Wildman–Crippen MR) is 67.2 cm³/mol. The minimum atomic E-state index is -1.02. The van der Waals surface area contributed by atoms with Crippen LogP contribution in [0.25, 0.3) is 0 Å². The lowest BCUT2D eigenvalue weighted by atomic mass is 10.3. The van der Waals surface area contributed by atoms with Gasteiger partial charge >= 0.3 is 5.69 Å². The number of hydrogen-bond donors (Lipinski definition) is 0. The molecule has 0 radical (unpaired) electrons. The Morgan fingerprint density at radius 3 is 2.58 bits per heavy atom. The first kappa shape index (κ1) is 13.4. The number of rotatable bonds is 3. The zero-order valence-corrected chi connectivity index (χ0v) is 10.9. The molecule has 0 spiro atoms. The van der Waals surface area contributed by atoms with E-state index in [9.17, 15) is 18.9 Å². The predicted octanol–water partition coefficient (Wildman–Crippen LogP) is 4.43. The van der Waals surface area contributed by atoms with E-state index in [-0.39, 0.29) is 11.5 Å². The highest BCUT2D eigenvalue weighted by Gasteiger charge is 2.21. The van der Waals surface area contributed by atoms with Crippen LogP contribution in [0.3, 0.4) is 0 Å². The summed E-state index contributed by atoms with van der Waals surface area (Å²) in [6.45, 7) is 0. The Morgan fingerprint density at radius 1 is 1.21 bits per heavy atom. The van der Waals surface area contributed by atoms with E-state index in [2.05, 4.69) is 15.9 Å². The first-order valence-electron chi connectivity index (χ1n) is 5.04. The van der Waals surface area contributed by atoms with Crippen LogP contribution in [-0.2, 0) is 0 Å². The molecule has 19 heavy (non-hydrogen) atoms. The van der Waals surface area contributed by atoms with Crippen molar-refractivity contribution in [3.8, 4) is 11.5 Å². The Hall–Kier alpha value is -2.02. The Bertz CT molecular complexity index is 629. The molecule has 98 valence electrons. The van der Waals surface area contributed by atoms with E-state index in [4.69, 9.17) is 4.74 Å². The SMILES string of the molecule is O=[N+]([O-])c1c(F)cccc1Oc1cc(F)cc(Br)c1. The summed E-state index contributed by atoms with van der Waals surface area (Å²) in [5.41, 5.74) is -0.789. The summed E-state index contributed by atoms with van der Waals surface area (Å²) in [6, 6.07) is 7.11. The summed E-state index contributed by atoms with van der Waals surface area (Å²) in [6.07, 6.45) is 0. The number of benzene rings is 2. The lowest BCUT2D eigenvalue weighted by molar-refractivity contribution is -0.388. The number of nitro benzene ring substituents is 1. The maximum absolute atomic E-state index is 13.4. The Morgan fingerprint density at radius 2 is 1.95 bits per heavy atom. The van der Waals surface area contributed by atoms with Crippen LogP contribution in [0, 0.1) is 21.7 Å². The molecule has 0 heterocycles. The van der Waals surface area contributed by atoms with Gasteiger partial charge in [-0.2, -0.15) is 4.39 Å². The summed E-state index contributed by atoms with van der Waals surface area (Å²) in [4.78, 5) is 9.88. The average Bonchev–Trinajstić information content (AvgIpc) is 2.26. The van der Waals surface area contributed by atoms with Crippen LogP contribution in [-0.4, -0.2) is 4.92 Å². The third kappa shape index (κ3) is 3.05. The molecule has 0 bridgehead atoms. The van der Waals surface area contributed by atoms with Gasteiger partial charge in [-0.25, -0.2) is 4.39 Å². The van der Waals surface area contributed by atoms with Crippen LogP contribution in [0.15, 0.2) is 40.9 Å². The first-order chi connectivity index (χ1) is 8.97. The third-order valence-corrected chi connectivity index (χ3v) is 2.65. The maximum Gasteiger partial charge on any atom is 0.346 e. The van der Waals surface area contributed by atoms with Crippen molar-refractivity contribution in [2.24, 2.45) is 0 Å². The van der Waals surface area contributed by atoms with Gasteiger partial charge in [0.15, 0.2) is 0 Å². The molecule has 0 aliphatic heterocycles. The van der Waals surface area contributed by atoms with E-state index in [1.54, 1.807) is 0 Å². The van der Waals surface area contributed by atoms with Crippen molar-refractivity contribution in [2.45, 2.75) is 0 Å². The van der Waals surface area contributed by atoms with Crippen molar-refractivity contribution in [1.82, 2.24) is 0 Å². The minimum absolute atomic E-state index is 0.0283. The highest BCUT2D eigenvalue weighted by atomic mass is 79.9. The molecular weight excluding hydrogens is 324 g/mol. The number of nitrogens with zero attached hydrogens (tertiary/aromatic N) is 1. The maximum atomic E-state index is 13.4. The molecule has 0 N–H and O–H groups in total. The van der Waals surface area contributed by atoms with Gasteiger partial charge in [-0.05, 0) is 24.3 Å². The van der Waals surface area contributed by atoms with Crippen LogP contribution >= 0.6 is 15.9 Å². The van der Waals surface area contributed by atoms with Crippen molar-refractivity contribution in [2.75, 3.05) is 0 Å². The van der Waals surface area contributed by atoms with Crippen molar-refractivity contribution < 1.29 is 18.4 Å². The van der Waals surface area contributed by atoms with Crippen LogP contribution in [0.4, 0.5) is 14.5 Å². The lowest BCUT2D eigenvalue weighted by Gasteiger charge is -2.07. The zero-order valence-electron chi connectivity index (χ0n) is 9.27. The number of ether oxygens (including phenoxy) is 1. The van der Waals surface area contributed by atoms with Gasteiger partial charge in [0.1, 0.15) is 11.6 Å². The van der Waals surface area contributed by atoms with Gasteiger partial charge in [0.25, 0.3) is 0 Å². The van der Waals surface area contributed by atoms with E-state index in [1.165, 1.54) is 24.3 Å². The molecule has 4 nitrogen and oxygen atoms in total. The molecule has 2 aromatic rings. The number of para-hydroxylation sites is 1. The molecule has 2 rings (SSSR count). The molecule has 0 fully saturated rings. The molecule has 0 aliphatic rings. The van der Waals surface area contributed by atoms with Crippen molar-refractivity contribution in [3.05, 3.63) is 62.6 Å². The first-order valence-corrected chi connectivity index (χ1v) is 5.83. The quantitative estimate of drug-likeness (QED) is 0.618. The van der Waals surface area contributed by atoms with Gasteiger partial charge in [0, 0.05) is 10.5 Å². The molecule has 0 atom stereocenters. The summed E-state index contributed by atoms with van der Waals surface area (Å²) in [7, 11) is 0. The molecule has 0 saturated heterocycles. The molecule has 0 aromatic heterocycles. The number of nitro groups is 1. The minimum Gasteiger partial charge on any atom is -0.450 e. The monoisotopic (exact) mass is 329 g/mol. The zero-order chi connectivity index (χ0) is 14.0. The van der Waals surface area contributed by atoms with Gasteiger partial charge in [-0.3, -0.25) is 10.1 Å². The second kappa shape index (κ2) is 5.31. The fourth-order valence-electron chi connectivity index (χ4n) is 1.47. The van der Waals surface area contributed by atoms with Crippen LogP contribution in [0.5, 0.6) is 11.5 Å². The molecule has 0 unspecified atom stereocenters. The Balaban J connectivity index is 2.43.